The van der Waals surface area contributed by atoms with Gasteiger partial charge < -0.3 is 10.2 Å². The van der Waals surface area contributed by atoms with E-state index in [1.54, 1.807) is 36.2 Å². The Labute approximate surface area is 143 Å². The number of nitrogens with zero attached hydrogens (tertiary/aromatic N) is 1. The molecule has 4 heteroatoms. The molecule has 0 radical (unpaired) electrons. The number of carbonyl (C=O) groups is 2. The first-order chi connectivity index (χ1) is 11.6. The van der Waals surface area contributed by atoms with E-state index in [9.17, 15) is 9.59 Å². The first-order valence-electron chi connectivity index (χ1n) is 8.35. The van der Waals surface area contributed by atoms with Gasteiger partial charge in [-0.05, 0) is 42.8 Å². The van der Waals surface area contributed by atoms with Crippen LogP contribution in [0.1, 0.15) is 46.9 Å². The molecule has 0 aromatic heterocycles. The molecule has 0 aliphatic carbocycles. The molecule has 0 saturated heterocycles. The minimum absolute atomic E-state index is 0.0958. The average Bonchev–Trinajstić information content (AvgIpc) is 2.64. The van der Waals surface area contributed by atoms with Crippen molar-refractivity contribution >= 4 is 17.5 Å². The van der Waals surface area contributed by atoms with E-state index in [1.165, 1.54) is 0 Å². The van der Waals surface area contributed by atoms with Crippen LogP contribution in [0.3, 0.4) is 0 Å². The first-order valence-corrected chi connectivity index (χ1v) is 8.35. The summed E-state index contributed by atoms with van der Waals surface area (Å²) in [4.78, 5) is 26.1. The molecule has 0 heterocycles. The molecule has 2 aromatic carbocycles. The van der Waals surface area contributed by atoms with Crippen LogP contribution >= 0.6 is 0 Å². The summed E-state index contributed by atoms with van der Waals surface area (Å²) in [6.45, 7) is 2.81. The maximum atomic E-state index is 12.5. The highest BCUT2D eigenvalue weighted by Gasteiger charge is 2.14. The van der Waals surface area contributed by atoms with Gasteiger partial charge >= 0.3 is 0 Å². The van der Waals surface area contributed by atoms with Crippen molar-refractivity contribution in [2.24, 2.45) is 0 Å². The van der Waals surface area contributed by atoms with Crippen molar-refractivity contribution in [2.45, 2.75) is 26.2 Å². The maximum Gasteiger partial charge on any atom is 0.258 e. The van der Waals surface area contributed by atoms with E-state index < -0.39 is 0 Å². The van der Waals surface area contributed by atoms with Crippen LogP contribution in [0.25, 0.3) is 0 Å². The lowest BCUT2D eigenvalue weighted by molar-refractivity contribution is 0.0950. The van der Waals surface area contributed by atoms with Gasteiger partial charge in [0.15, 0.2) is 0 Å². The molecule has 0 fully saturated rings. The highest BCUT2D eigenvalue weighted by Crippen LogP contribution is 2.15. The summed E-state index contributed by atoms with van der Waals surface area (Å²) in [5.74, 6) is -0.197. The van der Waals surface area contributed by atoms with Gasteiger partial charge in [-0.3, -0.25) is 9.59 Å². The molecule has 0 spiro atoms. The number of hydrogen-bond donors (Lipinski definition) is 1. The molecule has 2 aromatic rings. The molecule has 24 heavy (non-hydrogen) atoms. The van der Waals surface area contributed by atoms with Crippen LogP contribution in [-0.4, -0.2) is 25.4 Å². The normalized spacial score (nSPS) is 10.2. The lowest BCUT2D eigenvalue weighted by Gasteiger charge is -2.17. The van der Waals surface area contributed by atoms with E-state index in [2.05, 4.69) is 12.2 Å². The first kappa shape index (κ1) is 17.7. The van der Waals surface area contributed by atoms with Crippen LogP contribution in [-0.2, 0) is 0 Å². The van der Waals surface area contributed by atoms with Gasteiger partial charge in [-0.25, -0.2) is 0 Å². The zero-order valence-electron chi connectivity index (χ0n) is 14.3. The zero-order valence-corrected chi connectivity index (χ0v) is 14.3. The van der Waals surface area contributed by atoms with E-state index in [4.69, 9.17) is 0 Å². The van der Waals surface area contributed by atoms with Crippen molar-refractivity contribution in [3.63, 3.8) is 0 Å². The number of para-hydroxylation sites is 1. The molecule has 0 saturated carbocycles. The maximum absolute atomic E-state index is 12.5. The third-order valence-corrected chi connectivity index (χ3v) is 3.91. The van der Waals surface area contributed by atoms with Crippen molar-refractivity contribution in [2.75, 3.05) is 18.5 Å². The smallest absolute Gasteiger partial charge is 0.258 e. The van der Waals surface area contributed by atoms with E-state index >= 15 is 0 Å². The van der Waals surface area contributed by atoms with Crippen LogP contribution in [0.4, 0.5) is 5.69 Å². The van der Waals surface area contributed by atoms with Crippen LogP contribution in [0.15, 0.2) is 54.6 Å². The molecule has 126 valence electrons. The van der Waals surface area contributed by atoms with Gasteiger partial charge in [0.25, 0.3) is 11.8 Å². The van der Waals surface area contributed by atoms with Crippen molar-refractivity contribution in [1.29, 1.82) is 0 Å². The quantitative estimate of drug-likeness (QED) is 0.786. The van der Waals surface area contributed by atoms with E-state index in [0.29, 0.717) is 17.7 Å². The van der Waals surface area contributed by atoms with Crippen LogP contribution in [0.5, 0.6) is 0 Å². The third kappa shape index (κ3) is 4.69. The molecule has 0 bridgehead atoms. The third-order valence-electron chi connectivity index (χ3n) is 3.91. The predicted molar refractivity (Wildman–Crippen MR) is 97.5 cm³/mol. The summed E-state index contributed by atoms with van der Waals surface area (Å²) < 4.78 is 0. The second-order valence-corrected chi connectivity index (χ2v) is 5.74. The average molecular weight is 324 g/mol. The lowest BCUT2D eigenvalue weighted by atomic mass is 10.1. The Bertz CT molecular complexity index is 666. The van der Waals surface area contributed by atoms with Gasteiger partial charge in [0, 0.05) is 30.4 Å². The largest absolute Gasteiger partial charge is 0.352 e. The van der Waals surface area contributed by atoms with Crippen LogP contribution < -0.4 is 10.2 Å². The lowest BCUT2D eigenvalue weighted by Crippen LogP contribution is -2.27. The molecular weight excluding hydrogens is 300 g/mol. The minimum Gasteiger partial charge on any atom is -0.352 e. The Kier molecular flexibility index (Phi) is 6.55. The second-order valence-electron chi connectivity index (χ2n) is 5.74. The number of benzene rings is 2. The van der Waals surface area contributed by atoms with Gasteiger partial charge in [0.2, 0.25) is 0 Å². The predicted octanol–water partition coefficient (Wildman–Crippen LogP) is 3.88. The number of unbranched alkanes of at least 4 members (excludes halogenated alkanes) is 2. The van der Waals surface area contributed by atoms with Crippen molar-refractivity contribution in [3.05, 3.63) is 65.7 Å². The van der Waals surface area contributed by atoms with Crippen molar-refractivity contribution < 1.29 is 9.59 Å². The Morgan fingerprint density at radius 3 is 2.17 bits per heavy atom. The number of hydrogen-bond acceptors (Lipinski definition) is 2. The van der Waals surface area contributed by atoms with Crippen LogP contribution in [0.2, 0.25) is 0 Å². The van der Waals surface area contributed by atoms with E-state index in [0.717, 1.165) is 24.9 Å². The van der Waals surface area contributed by atoms with E-state index in [1.807, 2.05) is 30.3 Å². The summed E-state index contributed by atoms with van der Waals surface area (Å²) in [5, 5.41) is 2.90. The summed E-state index contributed by atoms with van der Waals surface area (Å²) in [7, 11) is 1.74. The summed E-state index contributed by atoms with van der Waals surface area (Å²) in [5.41, 5.74) is 1.97. The molecular formula is C20H24N2O2. The standard InChI is InChI=1S/C20H24N2O2/c1-3-4-8-15-21-19(23)16-11-13-17(14-12-16)20(24)22(2)18-9-6-5-7-10-18/h5-7,9-14H,3-4,8,15H2,1-2H3,(H,21,23). The Morgan fingerprint density at radius 1 is 0.917 bits per heavy atom. The number of nitrogens with one attached hydrogen (secondary N) is 1. The van der Waals surface area contributed by atoms with Gasteiger partial charge in [-0.15, -0.1) is 0 Å². The zero-order chi connectivity index (χ0) is 17.4. The molecule has 1 N–H and O–H groups in total. The second kappa shape index (κ2) is 8.87. The molecule has 0 aliphatic heterocycles. The van der Waals surface area contributed by atoms with Gasteiger partial charge in [0.1, 0.15) is 0 Å². The fourth-order valence-corrected chi connectivity index (χ4v) is 2.41. The summed E-state index contributed by atoms with van der Waals surface area (Å²) in [6, 6.07) is 16.3. The number of carbonyl (C=O) groups excluding carboxylic acids is 2. The molecule has 0 unspecified atom stereocenters. The van der Waals surface area contributed by atoms with Gasteiger partial charge in [-0.1, -0.05) is 38.0 Å². The molecule has 4 nitrogen and oxygen atoms in total. The minimum atomic E-state index is -0.101. The fourth-order valence-electron chi connectivity index (χ4n) is 2.41. The Morgan fingerprint density at radius 2 is 1.54 bits per heavy atom. The van der Waals surface area contributed by atoms with Crippen molar-refractivity contribution in [1.82, 2.24) is 5.32 Å². The monoisotopic (exact) mass is 324 g/mol. The highest BCUT2D eigenvalue weighted by molar-refractivity contribution is 6.06. The number of amides is 2. The van der Waals surface area contributed by atoms with Crippen LogP contribution in [0, 0.1) is 0 Å². The fraction of sp³-hybridized carbons (Fsp3) is 0.300. The van der Waals surface area contributed by atoms with E-state index in [-0.39, 0.29) is 11.8 Å². The van der Waals surface area contributed by atoms with Gasteiger partial charge in [-0.2, -0.15) is 0 Å². The Balaban J connectivity index is 1.98. The topological polar surface area (TPSA) is 49.4 Å². The van der Waals surface area contributed by atoms with Gasteiger partial charge in [0.05, 0.1) is 0 Å². The SMILES string of the molecule is CCCCCNC(=O)c1ccc(C(=O)N(C)c2ccccc2)cc1. The molecule has 2 rings (SSSR count). The highest BCUT2D eigenvalue weighted by atomic mass is 16.2. The summed E-state index contributed by atoms with van der Waals surface area (Å²) >= 11 is 0. The number of anilines is 1. The molecule has 2 amide bonds. The molecule has 0 atom stereocenters. The molecule has 0 aliphatic rings. The summed E-state index contributed by atoms with van der Waals surface area (Å²) in [6.07, 6.45) is 3.22. The number of rotatable bonds is 7. The Hall–Kier alpha value is -2.62. The van der Waals surface area contributed by atoms with Crippen molar-refractivity contribution in [3.8, 4) is 0 Å².